The Morgan fingerprint density at radius 2 is 1.73 bits per heavy atom. The summed E-state index contributed by atoms with van der Waals surface area (Å²) in [6, 6.07) is 1.41. The van der Waals surface area contributed by atoms with Crippen LogP contribution in [0.5, 0.6) is 5.75 Å². The summed E-state index contributed by atoms with van der Waals surface area (Å²) in [7, 11) is 2.86. The Balaban J connectivity index is 1.93. The number of phenolic OH excluding ortho intramolecular Hbond substituents is 1. The lowest BCUT2D eigenvalue weighted by Gasteiger charge is -2.53. The lowest BCUT2D eigenvalue weighted by molar-refractivity contribution is -0.169. The molecular weight excluding hydrogens is 526 g/mol. The number of primary amides is 1. The number of anilines is 1. The van der Waals surface area contributed by atoms with E-state index in [0.29, 0.717) is 5.56 Å². The van der Waals surface area contributed by atoms with Gasteiger partial charge in [0.2, 0.25) is 5.78 Å². The minimum Gasteiger partial charge on any atom is -0.508 e. The Kier molecular flexibility index (Phi) is 6.77. The quantitative estimate of drug-likeness (QED) is 0.203. The highest BCUT2D eigenvalue weighted by Crippen LogP contribution is 2.56. The standard InChI is InChI=1S/C27H33N3O10/c1-9-10-7-8-11(29-25(38)40-26(2,3)4)18(31)13(10)19(32)14-12(9)20(33)16-17(30(5)6)21(34)15(24(28)37)23(36)27(16,39)22(14)35/h7-9,12,16-17,20,31-33,36,39H,1-6H3,(H2,28,37)(H,29,38)/t9-,12?,16?,17-,20-,27-/m0/s1. The molecular formula is C27H33N3O10. The van der Waals surface area contributed by atoms with Gasteiger partial charge in [-0.05, 0) is 52.4 Å². The number of hydrogen-bond acceptors (Lipinski definition) is 11. The van der Waals surface area contributed by atoms with Crippen molar-refractivity contribution in [2.24, 2.45) is 17.6 Å². The van der Waals surface area contributed by atoms with E-state index >= 15 is 0 Å². The summed E-state index contributed by atoms with van der Waals surface area (Å²) >= 11 is 0. The largest absolute Gasteiger partial charge is 0.508 e. The van der Waals surface area contributed by atoms with E-state index in [4.69, 9.17) is 10.5 Å². The summed E-state index contributed by atoms with van der Waals surface area (Å²) in [4.78, 5) is 52.9. The average molecular weight is 560 g/mol. The van der Waals surface area contributed by atoms with Crippen LogP contribution in [0.1, 0.15) is 44.7 Å². The number of benzene rings is 1. The number of amides is 2. The number of ketones is 2. The number of likely N-dealkylation sites (N-methyl/N-ethyl adjacent to an activating group) is 1. The molecule has 0 saturated heterocycles. The Labute approximate surface area is 229 Å². The third-order valence-electron chi connectivity index (χ3n) is 7.77. The van der Waals surface area contributed by atoms with Crippen molar-refractivity contribution in [1.82, 2.24) is 4.90 Å². The lowest BCUT2D eigenvalue weighted by Crippen LogP contribution is -2.70. The third kappa shape index (κ3) is 4.03. The van der Waals surface area contributed by atoms with Gasteiger partial charge in [0.05, 0.1) is 29.3 Å². The number of aliphatic hydroxyl groups is 4. The summed E-state index contributed by atoms with van der Waals surface area (Å²) in [6.45, 7) is 6.53. The zero-order chi connectivity index (χ0) is 30.2. The second kappa shape index (κ2) is 9.32. The van der Waals surface area contributed by atoms with Gasteiger partial charge in [-0.25, -0.2) is 4.79 Å². The zero-order valence-corrected chi connectivity index (χ0v) is 22.8. The maximum Gasteiger partial charge on any atom is 0.412 e. The molecule has 0 radical (unpaired) electrons. The smallest absolute Gasteiger partial charge is 0.412 e. The van der Waals surface area contributed by atoms with Gasteiger partial charge in [0.25, 0.3) is 5.91 Å². The first-order valence-corrected chi connectivity index (χ1v) is 12.5. The number of carbonyl (C=O) groups is 4. The van der Waals surface area contributed by atoms with E-state index in [2.05, 4.69) is 5.32 Å². The number of aromatic hydroxyl groups is 1. The highest BCUT2D eigenvalue weighted by molar-refractivity contribution is 6.24. The molecule has 0 aliphatic heterocycles. The molecule has 216 valence electrons. The molecule has 2 amide bonds. The van der Waals surface area contributed by atoms with Crippen molar-refractivity contribution < 1.29 is 49.4 Å². The normalized spacial score (nSPS) is 30.1. The van der Waals surface area contributed by atoms with Crippen molar-refractivity contribution in [3.63, 3.8) is 0 Å². The van der Waals surface area contributed by atoms with Gasteiger partial charge >= 0.3 is 6.09 Å². The molecule has 0 spiro atoms. The number of ether oxygens (including phenoxy) is 1. The number of Topliss-reactive ketones (excluding diaryl/α,β-unsaturated/α-hetero) is 2. The summed E-state index contributed by atoms with van der Waals surface area (Å²) in [5, 5.41) is 59.0. The van der Waals surface area contributed by atoms with Crippen molar-refractivity contribution in [2.45, 2.75) is 57.0 Å². The summed E-state index contributed by atoms with van der Waals surface area (Å²) in [5.41, 5.74) is -0.162. The number of rotatable bonds is 3. The van der Waals surface area contributed by atoms with E-state index in [1.807, 2.05) is 0 Å². The van der Waals surface area contributed by atoms with Crippen LogP contribution in [-0.4, -0.2) is 91.4 Å². The van der Waals surface area contributed by atoms with Crippen molar-refractivity contribution in [3.05, 3.63) is 40.2 Å². The molecule has 1 aromatic carbocycles. The van der Waals surface area contributed by atoms with Crippen LogP contribution in [-0.2, 0) is 19.1 Å². The van der Waals surface area contributed by atoms with Gasteiger partial charge in [0.1, 0.15) is 28.4 Å². The topological polar surface area (TPSA) is 220 Å². The highest BCUT2D eigenvalue weighted by atomic mass is 16.6. The molecule has 0 heterocycles. The third-order valence-corrected chi connectivity index (χ3v) is 7.77. The van der Waals surface area contributed by atoms with Gasteiger partial charge in [-0.3, -0.25) is 24.6 Å². The number of fused-ring (bicyclic) bond motifs is 3. The Bertz CT molecular complexity index is 1410. The molecule has 0 aromatic heterocycles. The second-order valence-electron chi connectivity index (χ2n) is 11.6. The monoisotopic (exact) mass is 559 g/mol. The first-order chi connectivity index (χ1) is 18.4. The van der Waals surface area contributed by atoms with E-state index in [-0.39, 0.29) is 11.3 Å². The number of hydrogen-bond donors (Lipinski definition) is 7. The van der Waals surface area contributed by atoms with Gasteiger partial charge in [0.15, 0.2) is 11.4 Å². The molecule has 4 rings (SSSR count). The molecule has 6 atom stereocenters. The van der Waals surface area contributed by atoms with Crippen LogP contribution in [0.15, 0.2) is 29.0 Å². The Morgan fingerprint density at radius 1 is 1.12 bits per heavy atom. The molecule has 1 saturated carbocycles. The van der Waals surface area contributed by atoms with E-state index < -0.39 is 93.1 Å². The fourth-order valence-electron chi connectivity index (χ4n) is 6.13. The zero-order valence-electron chi connectivity index (χ0n) is 22.8. The number of phenols is 1. The number of aliphatic hydroxyl groups excluding tert-OH is 3. The number of nitrogens with one attached hydrogen (secondary N) is 1. The van der Waals surface area contributed by atoms with Crippen LogP contribution >= 0.6 is 0 Å². The predicted octanol–water partition coefficient (Wildman–Crippen LogP) is 0.843. The van der Waals surface area contributed by atoms with Crippen molar-refractivity contribution in [3.8, 4) is 5.75 Å². The molecule has 3 aliphatic carbocycles. The van der Waals surface area contributed by atoms with E-state index in [0.717, 1.165) is 0 Å². The maximum atomic E-state index is 14.0. The van der Waals surface area contributed by atoms with E-state index in [1.165, 1.54) is 31.1 Å². The summed E-state index contributed by atoms with van der Waals surface area (Å²) < 4.78 is 5.20. The van der Waals surface area contributed by atoms with Crippen LogP contribution in [0.3, 0.4) is 0 Å². The fraction of sp³-hybridized carbons (Fsp3) is 0.481. The van der Waals surface area contributed by atoms with Gasteiger partial charge in [-0.2, -0.15) is 0 Å². The SMILES string of the molecule is C[C@H]1c2ccc(NC(=O)OC(C)(C)C)c(O)c2C(O)=C2C(=O)[C@]3(O)C(O)=C(C(N)=O)C(=O)[C@@H](N(C)C)C3[C@@H](O)C21. The van der Waals surface area contributed by atoms with E-state index in [1.54, 1.807) is 27.7 Å². The lowest BCUT2D eigenvalue weighted by atomic mass is 9.54. The summed E-state index contributed by atoms with van der Waals surface area (Å²) in [6.07, 6.45) is -2.59. The molecule has 1 fully saturated rings. The number of nitrogens with zero attached hydrogens (tertiary/aromatic N) is 1. The first kappa shape index (κ1) is 29.1. The van der Waals surface area contributed by atoms with Crippen molar-refractivity contribution >= 4 is 35.0 Å². The predicted molar refractivity (Wildman–Crippen MR) is 140 cm³/mol. The minimum absolute atomic E-state index is 0.152. The minimum atomic E-state index is -3.01. The van der Waals surface area contributed by atoms with Gasteiger partial charge < -0.3 is 36.0 Å². The molecule has 13 heteroatoms. The van der Waals surface area contributed by atoms with Crippen molar-refractivity contribution in [2.75, 3.05) is 19.4 Å². The Morgan fingerprint density at radius 3 is 2.25 bits per heavy atom. The fourth-order valence-corrected chi connectivity index (χ4v) is 6.13. The summed E-state index contributed by atoms with van der Waals surface area (Å²) in [5.74, 6) is -9.99. The van der Waals surface area contributed by atoms with Crippen LogP contribution in [0.25, 0.3) is 5.76 Å². The van der Waals surface area contributed by atoms with Gasteiger partial charge in [-0.1, -0.05) is 13.0 Å². The molecule has 3 aliphatic rings. The molecule has 40 heavy (non-hydrogen) atoms. The van der Waals surface area contributed by atoms with Crippen LogP contribution in [0.2, 0.25) is 0 Å². The average Bonchev–Trinajstić information content (AvgIpc) is 2.81. The van der Waals surface area contributed by atoms with E-state index in [9.17, 15) is 44.7 Å². The Hall–Kier alpha value is -3.94. The second-order valence-corrected chi connectivity index (χ2v) is 11.6. The van der Waals surface area contributed by atoms with Crippen LogP contribution in [0.4, 0.5) is 10.5 Å². The number of nitrogens with two attached hydrogens (primary N) is 1. The first-order valence-electron chi connectivity index (χ1n) is 12.5. The molecule has 13 nitrogen and oxygen atoms in total. The number of carbonyl (C=O) groups excluding carboxylic acids is 4. The molecule has 2 unspecified atom stereocenters. The highest BCUT2D eigenvalue weighted by Gasteiger charge is 2.68. The van der Waals surface area contributed by atoms with Gasteiger partial charge in [0, 0.05) is 11.5 Å². The molecule has 8 N–H and O–H groups in total. The van der Waals surface area contributed by atoms with Crippen molar-refractivity contribution in [1.29, 1.82) is 0 Å². The van der Waals surface area contributed by atoms with Gasteiger partial charge in [-0.15, -0.1) is 0 Å². The van der Waals surface area contributed by atoms with Crippen LogP contribution < -0.4 is 11.1 Å². The molecule has 1 aromatic rings. The molecule has 0 bridgehead atoms. The maximum absolute atomic E-state index is 14.0. The van der Waals surface area contributed by atoms with Crippen LogP contribution in [0, 0.1) is 11.8 Å².